The van der Waals surface area contributed by atoms with Gasteiger partial charge >= 0.3 is 6.18 Å². The van der Waals surface area contributed by atoms with E-state index in [4.69, 9.17) is 4.74 Å². The molecule has 0 bridgehead atoms. The van der Waals surface area contributed by atoms with Crippen LogP contribution in [-0.4, -0.2) is 70.1 Å². The maximum absolute atomic E-state index is 14.3. The summed E-state index contributed by atoms with van der Waals surface area (Å²) in [5.74, 6) is 0.153. The summed E-state index contributed by atoms with van der Waals surface area (Å²) in [7, 11) is 3.81. The van der Waals surface area contributed by atoms with Crippen molar-refractivity contribution in [3.63, 3.8) is 0 Å². The number of amides is 1. The molecule has 1 amide bonds. The van der Waals surface area contributed by atoms with Crippen LogP contribution < -0.4 is 4.90 Å². The molecule has 3 aliphatic heterocycles. The van der Waals surface area contributed by atoms with Gasteiger partial charge in [-0.2, -0.15) is 13.2 Å². The Balaban J connectivity index is 1.31. The highest BCUT2D eigenvalue weighted by atomic mass is 19.4. The molecule has 0 aliphatic carbocycles. The number of halogens is 3. The molecule has 1 aromatic heterocycles. The number of aliphatic hydroxyl groups is 1. The molecule has 3 aliphatic rings. The molecule has 2 atom stereocenters. The van der Waals surface area contributed by atoms with Gasteiger partial charge in [-0.3, -0.25) is 4.79 Å². The molecule has 6 rings (SSSR count). The van der Waals surface area contributed by atoms with E-state index in [0.717, 1.165) is 24.0 Å². The second-order valence-electron chi connectivity index (χ2n) is 11.5. The van der Waals surface area contributed by atoms with Crippen molar-refractivity contribution in [2.24, 2.45) is 13.0 Å². The highest BCUT2D eigenvalue weighted by molar-refractivity contribution is 6.10. The van der Waals surface area contributed by atoms with Gasteiger partial charge in [-0.25, -0.2) is 0 Å². The van der Waals surface area contributed by atoms with Gasteiger partial charge in [0, 0.05) is 49.1 Å². The fraction of sp³-hybridized carbons (Fsp3) is 0.483. The molecule has 0 radical (unpaired) electrons. The lowest BCUT2D eigenvalue weighted by atomic mass is 9.75. The zero-order valence-corrected chi connectivity index (χ0v) is 22.5. The summed E-state index contributed by atoms with van der Waals surface area (Å²) in [6.45, 7) is 2.12. The zero-order chi connectivity index (χ0) is 28.2. The van der Waals surface area contributed by atoms with Gasteiger partial charge in [-0.1, -0.05) is 12.1 Å². The maximum atomic E-state index is 14.3. The van der Waals surface area contributed by atoms with E-state index in [1.165, 1.54) is 4.90 Å². The number of carbonyl (C=O) groups is 1. The standard InChI is InChI=1S/C29H32F3N5O3/c1-35-7-6-25(38)19(13-35)8-18-9-22-23(24(10-18)29(30,31)32)14-37(27(22)39)21-5-3-4-20(11-21)28(15-40-16-28)12-26-34-33-17-36(26)2/h3-5,9-11,17,19,25,38H,6-8,12-16H2,1-2H3/t19-,25+/m0/s1. The molecule has 3 aromatic rings. The van der Waals surface area contributed by atoms with E-state index in [2.05, 4.69) is 15.1 Å². The van der Waals surface area contributed by atoms with E-state index < -0.39 is 23.8 Å². The summed E-state index contributed by atoms with van der Waals surface area (Å²) in [6.07, 6.45) is -2.12. The van der Waals surface area contributed by atoms with Crippen molar-refractivity contribution in [1.82, 2.24) is 19.7 Å². The second kappa shape index (κ2) is 9.97. The normalized spacial score (nSPS) is 22.9. The van der Waals surface area contributed by atoms with Crippen LogP contribution in [0.3, 0.4) is 0 Å². The Hall–Kier alpha value is -3.28. The van der Waals surface area contributed by atoms with Crippen molar-refractivity contribution in [1.29, 1.82) is 0 Å². The third-order valence-electron chi connectivity index (χ3n) is 8.63. The van der Waals surface area contributed by atoms with Crippen LogP contribution in [0, 0.1) is 5.92 Å². The summed E-state index contributed by atoms with van der Waals surface area (Å²) in [4.78, 5) is 17.1. The van der Waals surface area contributed by atoms with Crippen molar-refractivity contribution in [3.8, 4) is 0 Å². The second-order valence-corrected chi connectivity index (χ2v) is 11.5. The molecule has 212 valence electrons. The van der Waals surface area contributed by atoms with Gasteiger partial charge in [0.1, 0.15) is 12.2 Å². The average molecular weight is 556 g/mol. The number of hydrogen-bond acceptors (Lipinski definition) is 6. The van der Waals surface area contributed by atoms with Crippen LogP contribution in [0.4, 0.5) is 18.9 Å². The molecule has 11 heteroatoms. The van der Waals surface area contributed by atoms with Gasteiger partial charge in [-0.15, -0.1) is 10.2 Å². The van der Waals surface area contributed by atoms with E-state index in [-0.39, 0.29) is 35.4 Å². The number of anilines is 1. The predicted molar refractivity (Wildman–Crippen MR) is 141 cm³/mol. The maximum Gasteiger partial charge on any atom is 0.416 e. The van der Waals surface area contributed by atoms with Crippen LogP contribution in [0.25, 0.3) is 0 Å². The minimum atomic E-state index is -4.61. The minimum absolute atomic E-state index is 0.00580. The largest absolute Gasteiger partial charge is 0.416 e. The number of aromatic nitrogens is 3. The van der Waals surface area contributed by atoms with Gasteiger partial charge in [-0.05, 0) is 60.8 Å². The van der Waals surface area contributed by atoms with Crippen LogP contribution in [0.1, 0.15) is 44.9 Å². The lowest BCUT2D eigenvalue weighted by molar-refractivity contribution is -0.138. The average Bonchev–Trinajstić information content (AvgIpc) is 3.45. The molecule has 0 saturated carbocycles. The van der Waals surface area contributed by atoms with Crippen LogP contribution in [-0.2, 0) is 42.8 Å². The lowest BCUT2D eigenvalue weighted by Crippen LogP contribution is -2.49. The van der Waals surface area contributed by atoms with Crippen molar-refractivity contribution in [2.75, 3.05) is 38.3 Å². The minimum Gasteiger partial charge on any atom is -0.393 e. The first kappa shape index (κ1) is 26.9. The van der Waals surface area contributed by atoms with Crippen molar-refractivity contribution in [3.05, 3.63) is 76.4 Å². The fourth-order valence-corrected chi connectivity index (χ4v) is 6.25. The van der Waals surface area contributed by atoms with Crippen molar-refractivity contribution in [2.45, 2.75) is 43.5 Å². The van der Waals surface area contributed by atoms with E-state index in [1.807, 2.05) is 36.9 Å². The molecule has 0 unspecified atom stereocenters. The summed E-state index contributed by atoms with van der Waals surface area (Å²) in [5.41, 5.74) is 0.839. The smallest absolute Gasteiger partial charge is 0.393 e. The number of likely N-dealkylation sites (tertiary alicyclic amines) is 1. The first-order valence-corrected chi connectivity index (χ1v) is 13.5. The number of alkyl halides is 3. The highest BCUT2D eigenvalue weighted by Crippen LogP contribution is 2.42. The third-order valence-corrected chi connectivity index (χ3v) is 8.63. The first-order valence-electron chi connectivity index (χ1n) is 13.5. The Labute approximate surface area is 230 Å². The molecule has 2 saturated heterocycles. The number of fused-ring (bicyclic) bond motifs is 1. The Morgan fingerprint density at radius 1 is 1.18 bits per heavy atom. The summed E-state index contributed by atoms with van der Waals surface area (Å²) in [6, 6.07) is 10.2. The number of rotatable bonds is 6. The Morgan fingerprint density at radius 3 is 2.65 bits per heavy atom. The van der Waals surface area contributed by atoms with E-state index in [0.29, 0.717) is 43.9 Å². The summed E-state index contributed by atoms with van der Waals surface area (Å²) < 4.78 is 50.2. The Morgan fingerprint density at radius 2 is 1.98 bits per heavy atom. The summed E-state index contributed by atoms with van der Waals surface area (Å²) >= 11 is 0. The number of ether oxygens (including phenoxy) is 1. The van der Waals surface area contributed by atoms with Gasteiger partial charge in [0.25, 0.3) is 5.91 Å². The van der Waals surface area contributed by atoms with Crippen LogP contribution in [0.15, 0.2) is 42.7 Å². The third kappa shape index (κ3) is 4.80. The van der Waals surface area contributed by atoms with E-state index in [1.54, 1.807) is 18.5 Å². The number of nitrogens with zero attached hydrogens (tertiary/aromatic N) is 5. The Kier molecular flexibility index (Phi) is 6.71. The topological polar surface area (TPSA) is 83.7 Å². The molecule has 4 heterocycles. The van der Waals surface area contributed by atoms with Crippen LogP contribution in [0.2, 0.25) is 0 Å². The molecule has 2 fully saturated rings. The van der Waals surface area contributed by atoms with Gasteiger partial charge in [0.15, 0.2) is 0 Å². The van der Waals surface area contributed by atoms with Crippen LogP contribution in [0.5, 0.6) is 0 Å². The van der Waals surface area contributed by atoms with Gasteiger partial charge in [0.05, 0.1) is 31.4 Å². The van der Waals surface area contributed by atoms with Gasteiger partial charge < -0.3 is 24.2 Å². The molecular weight excluding hydrogens is 523 g/mol. The molecule has 2 aromatic carbocycles. The zero-order valence-electron chi connectivity index (χ0n) is 22.5. The van der Waals surface area contributed by atoms with Crippen LogP contribution >= 0.6 is 0 Å². The fourth-order valence-electron chi connectivity index (χ4n) is 6.25. The first-order chi connectivity index (χ1) is 19.0. The van der Waals surface area contributed by atoms with Crippen molar-refractivity contribution >= 4 is 11.6 Å². The molecule has 0 spiro atoms. The quantitative estimate of drug-likeness (QED) is 0.503. The van der Waals surface area contributed by atoms with Crippen molar-refractivity contribution < 1.29 is 27.8 Å². The number of aliphatic hydroxyl groups excluding tert-OH is 1. The number of hydrogen-bond donors (Lipinski definition) is 1. The monoisotopic (exact) mass is 555 g/mol. The number of aryl methyl sites for hydroxylation is 1. The summed E-state index contributed by atoms with van der Waals surface area (Å²) in [5, 5.41) is 18.7. The highest BCUT2D eigenvalue weighted by Gasteiger charge is 2.44. The molecule has 1 N–H and O–H groups in total. The van der Waals surface area contributed by atoms with E-state index >= 15 is 0 Å². The molecule has 8 nitrogen and oxygen atoms in total. The Bertz CT molecular complexity index is 1430. The lowest BCUT2D eigenvalue weighted by Gasteiger charge is -2.42. The number of carbonyl (C=O) groups excluding carboxylic acids is 1. The predicted octanol–water partition coefficient (Wildman–Crippen LogP) is 3.36. The number of benzene rings is 2. The van der Waals surface area contributed by atoms with Gasteiger partial charge in [0.2, 0.25) is 0 Å². The SMILES string of the molecule is CN1CC[C@@H](O)[C@@H](Cc2cc3c(c(C(F)(F)F)c2)CN(c2cccc(C4(Cc5nncn5C)COC4)c2)C3=O)C1. The van der Waals surface area contributed by atoms with E-state index in [9.17, 15) is 23.1 Å². The number of piperidine rings is 1. The molecular formula is C29H32F3N5O3. The molecule has 40 heavy (non-hydrogen) atoms.